The Morgan fingerprint density at radius 1 is 1.29 bits per heavy atom. The van der Waals surface area contributed by atoms with Crippen molar-refractivity contribution in [3.63, 3.8) is 0 Å². The summed E-state index contributed by atoms with van der Waals surface area (Å²) in [6, 6.07) is 6.01. The summed E-state index contributed by atoms with van der Waals surface area (Å²) in [6.45, 7) is 9.28. The minimum Gasteiger partial charge on any atom is -0.508 e. The van der Waals surface area contributed by atoms with E-state index in [9.17, 15) is 5.11 Å². The molecule has 2 fully saturated rings. The highest BCUT2D eigenvalue weighted by atomic mass is 16.3. The molecular formula is C23H30O. The lowest BCUT2D eigenvalue weighted by Gasteiger charge is -2.47. The zero-order valence-electron chi connectivity index (χ0n) is 15.1. The van der Waals surface area contributed by atoms with Gasteiger partial charge in [0.15, 0.2) is 0 Å². The Hall–Kier alpha value is -1.50. The monoisotopic (exact) mass is 322 g/mol. The number of hydrogen-bond acceptors (Lipinski definition) is 1. The Balaban J connectivity index is 1.66. The fourth-order valence-corrected chi connectivity index (χ4v) is 6.12. The second-order valence-electron chi connectivity index (χ2n) is 8.48. The van der Waals surface area contributed by atoms with Crippen LogP contribution in [0, 0.1) is 17.3 Å². The molecule has 24 heavy (non-hydrogen) atoms. The summed E-state index contributed by atoms with van der Waals surface area (Å²) in [5.41, 5.74) is 6.43. The molecule has 0 unspecified atom stereocenters. The maximum absolute atomic E-state index is 9.79. The van der Waals surface area contributed by atoms with Gasteiger partial charge in [0.2, 0.25) is 0 Å². The lowest BCUT2D eigenvalue weighted by molar-refractivity contribution is 0.144. The Morgan fingerprint density at radius 2 is 2.12 bits per heavy atom. The average Bonchev–Trinajstić information content (AvgIpc) is 2.92. The molecule has 128 valence electrons. The molecule has 1 heteroatoms. The number of benzene rings is 1. The molecule has 0 bridgehead atoms. The SMILES string of the molecule is C=C(CCC)[C@H]1CC[C@H]2C3=CCc4cc(O)ccc4[C@H]3CC[C@]12C. The van der Waals surface area contributed by atoms with Crippen LogP contribution in [0.1, 0.15) is 69.4 Å². The highest BCUT2D eigenvalue weighted by molar-refractivity contribution is 5.47. The molecule has 1 aromatic carbocycles. The van der Waals surface area contributed by atoms with Gasteiger partial charge < -0.3 is 5.11 Å². The van der Waals surface area contributed by atoms with Crippen LogP contribution in [0.3, 0.4) is 0 Å². The number of phenolic OH excluding ortho intramolecular Hbond substituents is 1. The van der Waals surface area contributed by atoms with E-state index in [1.807, 2.05) is 12.1 Å². The normalized spacial score (nSPS) is 34.1. The maximum atomic E-state index is 9.79. The second-order valence-corrected chi connectivity index (χ2v) is 8.48. The molecule has 3 aliphatic carbocycles. The van der Waals surface area contributed by atoms with E-state index < -0.39 is 0 Å². The number of allylic oxidation sites excluding steroid dienone is 3. The highest BCUT2D eigenvalue weighted by Gasteiger charge is 2.52. The molecule has 0 spiro atoms. The van der Waals surface area contributed by atoms with Crippen molar-refractivity contribution in [3.05, 3.63) is 53.1 Å². The van der Waals surface area contributed by atoms with E-state index in [1.165, 1.54) is 55.2 Å². The van der Waals surface area contributed by atoms with Crippen molar-refractivity contribution < 1.29 is 5.11 Å². The summed E-state index contributed by atoms with van der Waals surface area (Å²) in [6.07, 6.45) is 11.1. The Morgan fingerprint density at radius 3 is 2.92 bits per heavy atom. The Labute approximate surface area is 146 Å². The first-order chi connectivity index (χ1) is 11.5. The first kappa shape index (κ1) is 16.0. The summed E-state index contributed by atoms with van der Waals surface area (Å²) >= 11 is 0. The smallest absolute Gasteiger partial charge is 0.115 e. The van der Waals surface area contributed by atoms with Gasteiger partial charge in [-0.15, -0.1) is 0 Å². The van der Waals surface area contributed by atoms with Crippen LogP contribution in [0.2, 0.25) is 0 Å². The fourth-order valence-electron chi connectivity index (χ4n) is 6.12. The average molecular weight is 322 g/mol. The Kier molecular flexibility index (Phi) is 3.86. The van der Waals surface area contributed by atoms with Gasteiger partial charge in [0, 0.05) is 5.92 Å². The van der Waals surface area contributed by atoms with Crippen molar-refractivity contribution >= 4 is 0 Å². The molecule has 4 rings (SSSR count). The van der Waals surface area contributed by atoms with E-state index in [0.29, 0.717) is 23.0 Å². The predicted molar refractivity (Wildman–Crippen MR) is 100 cm³/mol. The summed E-state index contributed by atoms with van der Waals surface area (Å²) in [5, 5.41) is 9.79. The van der Waals surface area contributed by atoms with Crippen LogP contribution in [0.25, 0.3) is 0 Å². The van der Waals surface area contributed by atoms with E-state index >= 15 is 0 Å². The van der Waals surface area contributed by atoms with E-state index in [1.54, 1.807) is 5.57 Å². The van der Waals surface area contributed by atoms with Crippen LogP contribution in [0.4, 0.5) is 0 Å². The molecule has 1 N–H and O–H groups in total. The number of rotatable bonds is 3. The zero-order valence-corrected chi connectivity index (χ0v) is 15.1. The third kappa shape index (κ3) is 2.28. The van der Waals surface area contributed by atoms with E-state index in [4.69, 9.17) is 0 Å². The van der Waals surface area contributed by atoms with Gasteiger partial charge in [0.25, 0.3) is 0 Å². The number of phenols is 1. The second kappa shape index (κ2) is 5.79. The molecule has 0 aliphatic heterocycles. The topological polar surface area (TPSA) is 20.2 Å². The number of aromatic hydroxyl groups is 1. The zero-order chi connectivity index (χ0) is 16.9. The summed E-state index contributed by atoms with van der Waals surface area (Å²) in [7, 11) is 0. The van der Waals surface area contributed by atoms with Gasteiger partial charge in [-0.05, 0) is 79.0 Å². The van der Waals surface area contributed by atoms with Gasteiger partial charge in [-0.3, -0.25) is 0 Å². The quantitative estimate of drug-likeness (QED) is 0.663. The van der Waals surface area contributed by atoms with Crippen molar-refractivity contribution in [2.24, 2.45) is 17.3 Å². The van der Waals surface area contributed by atoms with Crippen molar-refractivity contribution in [1.82, 2.24) is 0 Å². The van der Waals surface area contributed by atoms with Gasteiger partial charge in [0.05, 0.1) is 0 Å². The maximum Gasteiger partial charge on any atom is 0.115 e. The van der Waals surface area contributed by atoms with Crippen LogP contribution in [-0.4, -0.2) is 5.11 Å². The first-order valence-corrected chi connectivity index (χ1v) is 9.74. The van der Waals surface area contributed by atoms with Crippen LogP contribution in [0.5, 0.6) is 5.75 Å². The lowest BCUT2D eigenvalue weighted by atomic mass is 9.57. The molecule has 3 aliphatic rings. The molecule has 0 radical (unpaired) electrons. The van der Waals surface area contributed by atoms with Crippen LogP contribution >= 0.6 is 0 Å². The van der Waals surface area contributed by atoms with Crippen LogP contribution in [0.15, 0.2) is 42.0 Å². The van der Waals surface area contributed by atoms with Crippen molar-refractivity contribution in [3.8, 4) is 5.75 Å². The minimum atomic E-state index is 0.406. The van der Waals surface area contributed by atoms with Gasteiger partial charge in [-0.2, -0.15) is 0 Å². The van der Waals surface area contributed by atoms with Gasteiger partial charge >= 0.3 is 0 Å². The van der Waals surface area contributed by atoms with Crippen LogP contribution in [-0.2, 0) is 6.42 Å². The van der Waals surface area contributed by atoms with Crippen LogP contribution < -0.4 is 0 Å². The molecule has 0 saturated heterocycles. The van der Waals surface area contributed by atoms with Gasteiger partial charge in [0.1, 0.15) is 5.75 Å². The minimum absolute atomic E-state index is 0.406. The van der Waals surface area contributed by atoms with Gasteiger partial charge in [-0.1, -0.05) is 50.1 Å². The molecule has 0 amide bonds. The molecule has 0 aromatic heterocycles. The molecule has 1 aromatic rings. The van der Waals surface area contributed by atoms with Crippen molar-refractivity contribution in [2.45, 2.75) is 64.7 Å². The molecule has 4 atom stereocenters. The summed E-state index contributed by atoms with van der Waals surface area (Å²) < 4.78 is 0. The fraction of sp³-hybridized carbons (Fsp3) is 0.565. The van der Waals surface area contributed by atoms with E-state index in [-0.39, 0.29) is 0 Å². The summed E-state index contributed by atoms with van der Waals surface area (Å²) in [5.74, 6) is 2.44. The van der Waals surface area contributed by atoms with Crippen molar-refractivity contribution in [1.29, 1.82) is 0 Å². The predicted octanol–water partition coefficient (Wildman–Crippen LogP) is 6.14. The van der Waals surface area contributed by atoms with Crippen molar-refractivity contribution in [2.75, 3.05) is 0 Å². The largest absolute Gasteiger partial charge is 0.508 e. The van der Waals surface area contributed by atoms with Gasteiger partial charge in [-0.25, -0.2) is 0 Å². The third-order valence-electron chi connectivity index (χ3n) is 7.24. The highest BCUT2D eigenvalue weighted by Crippen LogP contribution is 2.63. The molecule has 1 nitrogen and oxygen atoms in total. The summed E-state index contributed by atoms with van der Waals surface area (Å²) in [4.78, 5) is 0. The standard InChI is InChI=1S/C23H30O/c1-4-5-15(2)21-10-11-22-20-8-6-16-14-17(24)7-9-18(16)19(20)12-13-23(21,22)3/h7-9,14,19,21-22,24H,2,4-6,10-13H2,1,3H3/t19-,21-,22+,23-/m1/s1. The van der Waals surface area contributed by atoms with E-state index in [0.717, 1.165) is 12.3 Å². The third-order valence-corrected chi connectivity index (χ3v) is 7.24. The Bertz CT molecular complexity index is 698. The lowest BCUT2D eigenvalue weighted by Crippen LogP contribution is -2.37. The van der Waals surface area contributed by atoms with E-state index in [2.05, 4.69) is 32.6 Å². The molecule has 2 saturated carbocycles. The first-order valence-electron chi connectivity index (χ1n) is 9.74. The number of fused-ring (bicyclic) bond motifs is 5. The molecule has 0 heterocycles. The molecular weight excluding hydrogens is 292 g/mol. The number of hydrogen-bond donors (Lipinski definition) is 1.